The molecule has 1 aromatic heterocycles. The van der Waals surface area contributed by atoms with Crippen LogP contribution in [0.4, 0.5) is 0 Å². The van der Waals surface area contributed by atoms with E-state index in [1.165, 1.54) is 6.07 Å². The van der Waals surface area contributed by atoms with Gasteiger partial charge in [0.15, 0.2) is 0 Å². The molecule has 1 unspecified atom stereocenters. The van der Waals surface area contributed by atoms with Gasteiger partial charge in [-0.1, -0.05) is 13.8 Å². The van der Waals surface area contributed by atoms with Crippen molar-refractivity contribution in [3.63, 3.8) is 0 Å². The molecular formula is C12H23N3O3S. The van der Waals surface area contributed by atoms with Crippen molar-refractivity contribution in [2.45, 2.75) is 38.5 Å². The molecule has 0 spiro atoms. The summed E-state index contributed by atoms with van der Waals surface area (Å²) in [5.41, 5.74) is 5.39. The third kappa shape index (κ3) is 4.61. The molecule has 0 fully saturated rings. The number of nitrogens with one attached hydrogen (secondary N) is 1. The highest BCUT2D eigenvalue weighted by molar-refractivity contribution is 7.89. The second kappa shape index (κ2) is 7.04. The van der Waals surface area contributed by atoms with Gasteiger partial charge in [-0.15, -0.1) is 0 Å². The Kier molecular flexibility index (Phi) is 5.99. The molecular weight excluding hydrogens is 266 g/mol. The van der Waals surface area contributed by atoms with Gasteiger partial charge in [0.1, 0.15) is 5.76 Å². The van der Waals surface area contributed by atoms with E-state index in [2.05, 4.69) is 9.62 Å². The average molecular weight is 289 g/mol. The van der Waals surface area contributed by atoms with Gasteiger partial charge in [0.25, 0.3) is 10.0 Å². The highest BCUT2D eigenvalue weighted by Gasteiger charge is 2.21. The molecule has 1 atom stereocenters. The monoisotopic (exact) mass is 289 g/mol. The molecule has 19 heavy (non-hydrogen) atoms. The zero-order valence-electron chi connectivity index (χ0n) is 11.7. The van der Waals surface area contributed by atoms with Gasteiger partial charge in [-0.3, -0.25) is 0 Å². The normalized spacial score (nSPS) is 13.9. The summed E-state index contributed by atoms with van der Waals surface area (Å²) < 4.78 is 31.9. The van der Waals surface area contributed by atoms with Gasteiger partial charge in [0, 0.05) is 12.6 Å². The van der Waals surface area contributed by atoms with Crippen LogP contribution < -0.4 is 10.5 Å². The summed E-state index contributed by atoms with van der Waals surface area (Å²) in [6.07, 6.45) is 0. The van der Waals surface area contributed by atoms with E-state index in [4.69, 9.17) is 10.2 Å². The van der Waals surface area contributed by atoms with Crippen molar-refractivity contribution >= 4 is 10.0 Å². The van der Waals surface area contributed by atoms with Crippen molar-refractivity contribution in [1.82, 2.24) is 9.62 Å². The second-order valence-electron chi connectivity index (χ2n) is 4.43. The highest BCUT2D eigenvalue weighted by atomic mass is 32.2. The summed E-state index contributed by atoms with van der Waals surface area (Å²) in [5.74, 6) is 0.455. The van der Waals surface area contributed by atoms with Gasteiger partial charge in [0.2, 0.25) is 5.09 Å². The van der Waals surface area contributed by atoms with Crippen molar-refractivity contribution in [2.75, 3.05) is 19.6 Å². The Morgan fingerprint density at radius 3 is 2.47 bits per heavy atom. The minimum absolute atomic E-state index is 0.0839. The predicted octanol–water partition coefficient (Wildman–Crippen LogP) is 0.747. The Bertz CT molecular complexity index is 480. The largest absolute Gasteiger partial charge is 0.447 e. The van der Waals surface area contributed by atoms with Crippen molar-refractivity contribution < 1.29 is 12.8 Å². The number of sulfonamides is 1. The fourth-order valence-electron chi connectivity index (χ4n) is 1.84. The van der Waals surface area contributed by atoms with Crippen LogP contribution in [0, 0.1) is 0 Å². The molecule has 1 aromatic rings. The van der Waals surface area contributed by atoms with Crippen LogP contribution in [0.1, 0.15) is 26.5 Å². The number of hydrogen-bond donors (Lipinski definition) is 2. The Morgan fingerprint density at radius 2 is 2.00 bits per heavy atom. The fraction of sp³-hybridized carbons (Fsp3) is 0.667. The quantitative estimate of drug-likeness (QED) is 0.737. The summed E-state index contributed by atoms with van der Waals surface area (Å²) in [6, 6.07) is 2.81. The summed E-state index contributed by atoms with van der Waals surface area (Å²) in [7, 11) is -3.61. The number of nitrogens with two attached hydrogens (primary N) is 1. The summed E-state index contributed by atoms with van der Waals surface area (Å²) >= 11 is 0. The van der Waals surface area contributed by atoms with Crippen LogP contribution in [0.3, 0.4) is 0 Å². The second-order valence-corrected chi connectivity index (χ2v) is 6.08. The molecule has 1 heterocycles. The lowest BCUT2D eigenvalue weighted by atomic mass is 10.3. The van der Waals surface area contributed by atoms with Crippen molar-refractivity contribution in [2.24, 2.45) is 5.73 Å². The molecule has 0 aliphatic heterocycles. The third-order valence-corrected chi connectivity index (χ3v) is 4.35. The SMILES string of the molecule is CCN(CC)CC(C)NS(=O)(=O)c1ccc(CN)o1. The Morgan fingerprint density at radius 1 is 1.37 bits per heavy atom. The summed E-state index contributed by atoms with van der Waals surface area (Å²) in [6.45, 7) is 8.56. The van der Waals surface area contributed by atoms with Crippen molar-refractivity contribution in [3.05, 3.63) is 17.9 Å². The molecule has 3 N–H and O–H groups in total. The molecule has 1 rings (SSSR count). The third-order valence-electron chi connectivity index (χ3n) is 2.89. The van der Waals surface area contributed by atoms with Crippen molar-refractivity contribution in [1.29, 1.82) is 0 Å². The lowest BCUT2D eigenvalue weighted by molar-refractivity contribution is 0.281. The average Bonchev–Trinajstić information content (AvgIpc) is 2.84. The number of hydrogen-bond acceptors (Lipinski definition) is 5. The molecule has 0 amide bonds. The van der Waals surface area contributed by atoms with Gasteiger partial charge >= 0.3 is 0 Å². The molecule has 0 radical (unpaired) electrons. The molecule has 0 aliphatic carbocycles. The zero-order chi connectivity index (χ0) is 14.5. The Labute approximate surface area is 115 Å². The molecule has 0 bridgehead atoms. The van der Waals surface area contributed by atoms with Crippen molar-refractivity contribution in [3.8, 4) is 0 Å². The maximum atomic E-state index is 12.1. The van der Waals surface area contributed by atoms with E-state index >= 15 is 0 Å². The maximum Gasteiger partial charge on any atom is 0.274 e. The van der Waals surface area contributed by atoms with Crippen LogP contribution in [0.5, 0.6) is 0 Å². The molecule has 0 saturated carbocycles. The number of furan rings is 1. The van der Waals surface area contributed by atoms with Gasteiger partial charge in [-0.05, 0) is 32.1 Å². The topological polar surface area (TPSA) is 88.6 Å². The zero-order valence-corrected chi connectivity index (χ0v) is 12.5. The molecule has 7 heteroatoms. The first-order valence-corrected chi connectivity index (χ1v) is 7.94. The van der Waals surface area contributed by atoms with Crippen LogP contribution in [0.2, 0.25) is 0 Å². The standard InChI is InChI=1S/C12H23N3O3S/c1-4-15(5-2)9-10(3)14-19(16,17)12-7-6-11(8-13)18-12/h6-7,10,14H,4-5,8-9,13H2,1-3H3. The minimum Gasteiger partial charge on any atom is -0.447 e. The smallest absolute Gasteiger partial charge is 0.274 e. The maximum absolute atomic E-state index is 12.1. The summed E-state index contributed by atoms with van der Waals surface area (Å²) in [5, 5.41) is -0.0839. The van der Waals surface area contributed by atoms with Gasteiger partial charge in [-0.2, -0.15) is 0 Å². The van der Waals surface area contributed by atoms with Crippen LogP contribution in [0.25, 0.3) is 0 Å². The van der Waals surface area contributed by atoms with Gasteiger partial charge in [0.05, 0.1) is 6.54 Å². The van der Waals surface area contributed by atoms with Gasteiger partial charge < -0.3 is 15.1 Å². The van der Waals surface area contributed by atoms with E-state index in [1.54, 1.807) is 6.07 Å². The first-order chi connectivity index (χ1) is 8.92. The first-order valence-electron chi connectivity index (χ1n) is 6.46. The minimum atomic E-state index is -3.61. The summed E-state index contributed by atoms with van der Waals surface area (Å²) in [4.78, 5) is 2.15. The lowest BCUT2D eigenvalue weighted by Gasteiger charge is -2.22. The molecule has 110 valence electrons. The Hall–Kier alpha value is -0.890. The van der Waals surface area contributed by atoms with E-state index < -0.39 is 10.0 Å². The van der Waals surface area contributed by atoms with Crippen LogP contribution >= 0.6 is 0 Å². The molecule has 6 nitrogen and oxygen atoms in total. The molecule has 0 aromatic carbocycles. The van der Waals surface area contributed by atoms with Crippen LogP contribution in [0.15, 0.2) is 21.6 Å². The van der Waals surface area contributed by atoms with Crippen LogP contribution in [-0.4, -0.2) is 39.0 Å². The lowest BCUT2D eigenvalue weighted by Crippen LogP contribution is -2.41. The van der Waals surface area contributed by atoms with Gasteiger partial charge in [-0.25, -0.2) is 13.1 Å². The highest BCUT2D eigenvalue weighted by Crippen LogP contribution is 2.13. The van der Waals surface area contributed by atoms with E-state index in [0.29, 0.717) is 12.3 Å². The Balaban J connectivity index is 2.68. The van der Waals surface area contributed by atoms with Crippen LogP contribution in [-0.2, 0) is 16.6 Å². The predicted molar refractivity (Wildman–Crippen MR) is 74.2 cm³/mol. The van der Waals surface area contributed by atoms with E-state index in [-0.39, 0.29) is 17.7 Å². The number of likely N-dealkylation sites (N-methyl/N-ethyl adjacent to an activating group) is 1. The number of nitrogens with zero attached hydrogens (tertiary/aromatic N) is 1. The number of rotatable bonds is 8. The molecule has 0 aliphatic rings. The first kappa shape index (κ1) is 16.2. The molecule has 0 saturated heterocycles. The fourth-order valence-corrected chi connectivity index (χ4v) is 3.03. The van der Waals surface area contributed by atoms with E-state index in [0.717, 1.165) is 13.1 Å². The van der Waals surface area contributed by atoms with E-state index in [1.807, 2.05) is 20.8 Å². The van der Waals surface area contributed by atoms with E-state index in [9.17, 15) is 8.42 Å².